The number of benzene rings is 1. The van der Waals surface area contributed by atoms with Gasteiger partial charge in [0.25, 0.3) is 5.91 Å². The minimum atomic E-state index is -0.598. The lowest BCUT2D eigenvalue weighted by molar-refractivity contribution is -0.139. The Morgan fingerprint density at radius 3 is 2.66 bits per heavy atom. The second-order valence-electron chi connectivity index (χ2n) is 7.77. The monoisotopic (exact) mass is 397 g/mol. The zero-order chi connectivity index (χ0) is 20.4. The Morgan fingerprint density at radius 1 is 1.28 bits per heavy atom. The molecule has 1 aromatic carbocycles. The molecule has 0 aliphatic carbocycles. The fraction of sp³-hybridized carbons (Fsp3) is 0.500. The molecule has 1 unspecified atom stereocenters. The minimum absolute atomic E-state index is 0.0410. The third kappa shape index (κ3) is 4.05. The first-order chi connectivity index (χ1) is 14.0. The van der Waals surface area contributed by atoms with E-state index in [1.54, 1.807) is 0 Å². The molecule has 7 nitrogen and oxygen atoms in total. The Morgan fingerprint density at radius 2 is 2.00 bits per heavy atom. The summed E-state index contributed by atoms with van der Waals surface area (Å²) in [6.45, 7) is 5.01. The molecular formula is C22H27N3O4. The van der Waals surface area contributed by atoms with Crippen molar-refractivity contribution < 1.29 is 18.7 Å². The van der Waals surface area contributed by atoms with E-state index in [1.165, 1.54) is 0 Å². The fourth-order valence-electron chi connectivity index (χ4n) is 4.08. The van der Waals surface area contributed by atoms with Gasteiger partial charge in [-0.1, -0.05) is 37.3 Å². The molecule has 1 N–H and O–H groups in total. The molecule has 2 amide bonds. The third-order valence-corrected chi connectivity index (χ3v) is 5.74. The number of aromatic nitrogens is 1. The maximum absolute atomic E-state index is 12.6. The van der Waals surface area contributed by atoms with E-state index < -0.39 is 5.72 Å². The zero-order valence-corrected chi connectivity index (χ0v) is 16.9. The molecule has 2 aromatic rings. The van der Waals surface area contributed by atoms with E-state index in [0.29, 0.717) is 51.1 Å². The van der Waals surface area contributed by atoms with Crippen molar-refractivity contribution in [3.8, 4) is 11.3 Å². The highest BCUT2D eigenvalue weighted by Crippen LogP contribution is 2.31. The molecule has 2 saturated heterocycles. The van der Waals surface area contributed by atoms with Crippen molar-refractivity contribution >= 4 is 11.8 Å². The number of piperidine rings is 1. The average molecular weight is 397 g/mol. The molecule has 29 heavy (non-hydrogen) atoms. The van der Waals surface area contributed by atoms with Crippen LogP contribution in [0.2, 0.25) is 0 Å². The number of hydrogen-bond acceptors (Lipinski definition) is 5. The van der Waals surface area contributed by atoms with Gasteiger partial charge in [-0.15, -0.1) is 0 Å². The van der Waals surface area contributed by atoms with Crippen molar-refractivity contribution in [2.24, 2.45) is 0 Å². The lowest BCUT2D eigenvalue weighted by Crippen LogP contribution is -2.53. The molecule has 0 bridgehead atoms. The van der Waals surface area contributed by atoms with Crippen LogP contribution < -0.4 is 5.32 Å². The van der Waals surface area contributed by atoms with Gasteiger partial charge in [-0.2, -0.15) is 0 Å². The molecule has 3 heterocycles. The molecule has 2 aliphatic rings. The number of amides is 2. The molecule has 2 aliphatic heterocycles. The first kappa shape index (κ1) is 19.6. The van der Waals surface area contributed by atoms with E-state index in [0.717, 1.165) is 17.0 Å². The Balaban J connectivity index is 1.31. The van der Waals surface area contributed by atoms with E-state index in [2.05, 4.69) is 10.3 Å². The number of nitrogens with one attached hydrogen (secondary N) is 1. The summed E-state index contributed by atoms with van der Waals surface area (Å²) in [4.78, 5) is 30.9. The number of carbonyl (C=O) groups is 2. The second-order valence-corrected chi connectivity index (χ2v) is 7.77. The summed E-state index contributed by atoms with van der Waals surface area (Å²) in [5, 5.41) is 2.99. The number of oxazole rings is 1. The van der Waals surface area contributed by atoms with Crippen molar-refractivity contribution in [1.29, 1.82) is 0 Å². The van der Waals surface area contributed by atoms with Crippen LogP contribution in [0, 0.1) is 6.92 Å². The van der Waals surface area contributed by atoms with Crippen LogP contribution in [-0.4, -0.2) is 46.6 Å². The van der Waals surface area contributed by atoms with E-state index in [9.17, 15) is 9.59 Å². The number of nitrogens with zero attached hydrogens (tertiary/aromatic N) is 2. The molecule has 1 atom stereocenters. The van der Waals surface area contributed by atoms with Crippen molar-refractivity contribution in [3.05, 3.63) is 41.9 Å². The molecule has 7 heteroatoms. The van der Waals surface area contributed by atoms with Gasteiger partial charge in [0.2, 0.25) is 5.91 Å². The molecule has 154 valence electrons. The Kier molecular flexibility index (Phi) is 5.41. The maximum Gasteiger partial charge on any atom is 0.251 e. The smallest absolute Gasteiger partial charge is 0.251 e. The molecule has 1 aromatic heterocycles. The summed E-state index contributed by atoms with van der Waals surface area (Å²) in [6.07, 6.45) is 2.36. The number of carbonyl (C=O) groups excluding carboxylic acids is 2. The summed E-state index contributed by atoms with van der Waals surface area (Å²) in [7, 11) is 0. The molecule has 0 radical (unpaired) electrons. The summed E-state index contributed by atoms with van der Waals surface area (Å²) < 4.78 is 11.8. The Bertz CT molecular complexity index is 885. The van der Waals surface area contributed by atoms with Crippen LogP contribution in [0.3, 0.4) is 0 Å². The Labute approximate surface area is 170 Å². The predicted molar refractivity (Wildman–Crippen MR) is 107 cm³/mol. The number of ether oxygens (including phenoxy) is 1. The van der Waals surface area contributed by atoms with Crippen LogP contribution in [0.25, 0.3) is 11.3 Å². The molecule has 2 fully saturated rings. The van der Waals surface area contributed by atoms with E-state index in [4.69, 9.17) is 9.15 Å². The largest absolute Gasteiger partial charge is 0.440 e. The van der Waals surface area contributed by atoms with Crippen LogP contribution in [-0.2, 0) is 20.7 Å². The molecule has 0 saturated carbocycles. The fourth-order valence-corrected chi connectivity index (χ4v) is 4.08. The van der Waals surface area contributed by atoms with Gasteiger partial charge in [-0.3, -0.25) is 9.59 Å². The first-order valence-corrected chi connectivity index (χ1v) is 10.3. The van der Waals surface area contributed by atoms with E-state index in [1.807, 2.05) is 49.1 Å². The predicted octanol–water partition coefficient (Wildman–Crippen LogP) is 2.83. The Hall–Kier alpha value is -2.67. The minimum Gasteiger partial charge on any atom is -0.440 e. The summed E-state index contributed by atoms with van der Waals surface area (Å²) in [5.74, 6) is 1.38. The SMILES string of the molecule is CCC1OC2(CCN(C(=O)CCc3nc(C)c(-c4ccccc4)o3)CC2)NC1=O. The summed E-state index contributed by atoms with van der Waals surface area (Å²) in [6, 6.07) is 9.85. The first-order valence-electron chi connectivity index (χ1n) is 10.3. The number of rotatable bonds is 5. The standard InChI is InChI=1S/C22H27N3O4/c1-3-17-21(27)24-22(29-17)11-13-25(14-12-22)19(26)10-9-18-23-15(2)20(28-18)16-7-5-4-6-8-16/h4-8,17H,3,9-14H2,1-2H3,(H,24,27). The van der Waals surface area contributed by atoms with E-state index in [-0.39, 0.29) is 17.9 Å². The van der Waals surface area contributed by atoms with E-state index >= 15 is 0 Å². The topological polar surface area (TPSA) is 84.7 Å². The molecule has 1 spiro atoms. The van der Waals surface area contributed by atoms with Crippen molar-refractivity contribution in [2.45, 2.75) is 57.8 Å². The van der Waals surface area contributed by atoms with Gasteiger partial charge in [0.05, 0.1) is 5.69 Å². The van der Waals surface area contributed by atoms with Crippen LogP contribution in [0.4, 0.5) is 0 Å². The van der Waals surface area contributed by atoms with Gasteiger partial charge in [-0.25, -0.2) is 4.98 Å². The van der Waals surface area contributed by atoms with Crippen LogP contribution in [0.5, 0.6) is 0 Å². The summed E-state index contributed by atoms with van der Waals surface area (Å²) in [5.41, 5.74) is 1.22. The van der Waals surface area contributed by atoms with Crippen LogP contribution in [0.15, 0.2) is 34.7 Å². The lowest BCUT2D eigenvalue weighted by Gasteiger charge is -2.38. The van der Waals surface area contributed by atoms with Gasteiger partial charge >= 0.3 is 0 Å². The highest BCUT2D eigenvalue weighted by molar-refractivity contribution is 5.83. The average Bonchev–Trinajstić information content (AvgIpc) is 3.26. The number of hydrogen-bond donors (Lipinski definition) is 1. The molecular weight excluding hydrogens is 370 g/mol. The van der Waals surface area contributed by atoms with Gasteiger partial charge in [-0.05, 0) is 13.3 Å². The normalized spacial score (nSPS) is 20.8. The second kappa shape index (κ2) is 7.99. The van der Waals surface area contributed by atoms with Crippen molar-refractivity contribution in [1.82, 2.24) is 15.2 Å². The van der Waals surface area contributed by atoms with Gasteiger partial charge in [0, 0.05) is 44.3 Å². The quantitative estimate of drug-likeness (QED) is 0.839. The third-order valence-electron chi connectivity index (χ3n) is 5.74. The lowest BCUT2D eigenvalue weighted by atomic mass is 10.0. The zero-order valence-electron chi connectivity index (χ0n) is 16.9. The van der Waals surface area contributed by atoms with Gasteiger partial charge in [0.15, 0.2) is 11.7 Å². The summed E-state index contributed by atoms with van der Waals surface area (Å²) >= 11 is 0. The highest BCUT2D eigenvalue weighted by Gasteiger charge is 2.46. The van der Waals surface area contributed by atoms with Gasteiger partial charge in [0.1, 0.15) is 11.8 Å². The van der Waals surface area contributed by atoms with Gasteiger partial charge < -0.3 is 19.4 Å². The van der Waals surface area contributed by atoms with Crippen LogP contribution in [0.1, 0.15) is 44.2 Å². The number of aryl methyl sites for hydroxylation is 2. The van der Waals surface area contributed by atoms with Crippen LogP contribution >= 0.6 is 0 Å². The maximum atomic E-state index is 12.6. The van der Waals surface area contributed by atoms with Crippen molar-refractivity contribution in [2.75, 3.05) is 13.1 Å². The molecule has 4 rings (SSSR count). The van der Waals surface area contributed by atoms with Crippen molar-refractivity contribution in [3.63, 3.8) is 0 Å². The highest BCUT2D eigenvalue weighted by atomic mass is 16.5. The number of likely N-dealkylation sites (tertiary alicyclic amines) is 1.